The molecule has 2 aromatic carbocycles. The SMILES string of the molecule is COC(=O)c1ccc(Nc2nc(C)cc(NCc3ccc4c(c3)OCO4)n2)cc1. The molecule has 8 nitrogen and oxygen atoms in total. The zero-order valence-corrected chi connectivity index (χ0v) is 16.1. The Balaban J connectivity index is 1.44. The van der Waals surface area contributed by atoms with E-state index in [2.05, 4.69) is 20.6 Å². The molecular weight excluding hydrogens is 372 g/mol. The van der Waals surface area contributed by atoms with Crippen LogP contribution in [0.15, 0.2) is 48.5 Å². The summed E-state index contributed by atoms with van der Waals surface area (Å²) in [6.45, 7) is 2.74. The Morgan fingerprint density at radius 3 is 2.66 bits per heavy atom. The number of nitrogens with zero attached hydrogens (tertiary/aromatic N) is 2. The van der Waals surface area contributed by atoms with E-state index >= 15 is 0 Å². The molecule has 0 atom stereocenters. The summed E-state index contributed by atoms with van der Waals surface area (Å²) in [5.74, 6) is 2.29. The molecule has 8 heteroatoms. The molecule has 4 rings (SSSR count). The van der Waals surface area contributed by atoms with Crippen LogP contribution in [0.1, 0.15) is 21.6 Å². The summed E-state index contributed by atoms with van der Waals surface area (Å²) < 4.78 is 15.5. The Hall–Kier alpha value is -3.81. The monoisotopic (exact) mass is 392 g/mol. The lowest BCUT2D eigenvalue weighted by atomic mass is 10.2. The molecule has 0 spiro atoms. The fourth-order valence-electron chi connectivity index (χ4n) is 2.90. The fraction of sp³-hybridized carbons (Fsp3) is 0.190. The van der Waals surface area contributed by atoms with Crippen LogP contribution in [0.3, 0.4) is 0 Å². The van der Waals surface area contributed by atoms with E-state index in [1.54, 1.807) is 24.3 Å². The Kier molecular flexibility index (Phi) is 5.15. The van der Waals surface area contributed by atoms with E-state index in [9.17, 15) is 4.79 Å². The molecule has 0 unspecified atom stereocenters. The number of aryl methyl sites for hydroxylation is 1. The number of nitrogens with one attached hydrogen (secondary N) is 2. The lowest BCUT2D eigenvalue weighted by Crippen LogP contribution is -2.06. The molecular formula is C21H20N4O4. The third kappa shape index (κ3) is 4.37. The standard InChI is InChI=1S/C21H20N4O4/c1-13-9-19(22-11-14-3-8-17-18(10-14)29-12-28-17)25-21(23-13)24-16-6-4-15(5-7-16)20(26)27-2/h3-10H,11-12H2,1-2H3,(H2,22,23,24,25). The highest BCUT2D eigenvalue weighted by atomic mass is 16.7. The molecule has 2 N–H and O–H groups in total. The van der Waals surface area contributed by atoms with Crippen molar-refractivity contribution >= 4 is 23.4 Å². The van der Waals surface area contributed by atoms with Gasteiger partial charge in [-0.3, -0.25) is 0 Å². The summed E-state index contributed by atoms with van der Waals surface area (Å²) in [5, 5.41) is 6.45. The van der Waals surface area contributed by atoms with Gasteiger partial charge in [-0.2, -0.15) is 4.98 Å². The maximum absolute atomic E-state index is 11.5. The van der Waals surface area contributed by atoms with Crippen molar-refractivity contribution in [1.29, 1.82) is 0 Å². The van der Waals surface area contributed by atoms with Crippen molar-refractivity contribution in [3.63, 3.8) is 0 Å². The van der Waals surface area contributed by atoms with E-state index in [1.165, 1.54) is 7.11 Å². The number of esters is 1. The predicted molar refractivity (Wildman–Crippen MR) is 108 cm³/mol. The number of methoxy groups -OCH3 is 1. The molecule has 0 radical (unpaired) electrons. The van der Waals surface area contributed by atoms with Crippen LogP contribution in [0, 0.1) is 6.92 Å². The molecule has 1 aromatic heterocycles. The van der Waals surface area contributed by atoms with Crippen molar-refractivity contribution in [3.8, 4) is 11.5 Å². The highest BCUT2D eigenvalue weighted by Crippen LogP contribution is 2.32. The zero-order chi connectivity index (χ0) is 20.2. The predicted octanol–water partition coefficient (Wildman–Crippen LogP) is 3.66. The van der Waals surface area contributed by atoms with Gasteiger partial charge in [0.2, 0.25) is 12.7 Å². The van der Waals surface area contributed by atoms with Gasteiger partial charge >= 0.3 is 5.97 Å². The first-order valence-electron chi connectivity index (χ1n) is 9.04. The first-order valence-corrected chi connectivity index (χ1v) is 9.04. The molecule has 29 heavy (non-hydrogen) atoms. The highest BCUT2D eigenvalue weighted by Gasteiger charge is 2.13. The van der Waals surface area contributed by atoms with Gasteiger partial charge < -0.3 is 24.8 Å². The van der Waals surface area contributed by atoms with Gasteiger partial charge in [-0.1, -0.05) is 6.07 Å². The largest absolute Gasteiger partial charge is 0.465 e. The average molecular weight is 392 g/mol. The van der Waals surface area contributed by atoms with Gasteiger partial charge in [0, 0.05) is 24.0 Å². The van der Waals surface area contributed by atoms with Gasteiger partial charge in [0.05, 0.1) is 12.7 Å². The third-order valence-corrected chi connectivity index (χ3v) is 4.33. The summed E-state index contributed by atoms with van der Waals surface area (Å²) >= 11 is 0. The smallest absolute Gasteiger partial charge is 0.337 e. The normalized spacial score (nSPS) is 11.8. The Morgan fingerprint density at radius 1 is 1.07 bits per heavy atom. The first-order chi connectivity index (χ1) is 14.1. The van der Waals surface area contributed by atoms with E-state index in [-0.39, 0.29) is 12.8 Å². The van der Waals surface area contributed by atoms with E-state index in [0.29, 0.717) is 23.9 Å². The molecule has 0 fully saturated rings. The van der Waals surface area contributed by atoms with E-state index < -0.39 is 0 Å². The number of carbonyl (C=O) groups excluding carboxylic acids is 1. The van der Waals surface area contributed by atoms with Crippen LogP contribution in [-0.2, 0) is 11.3 Å². The number of rotatable bonds is 6. The van der Waals surface area contributed by atoms with Crippen LogP contribution in [0.4, 0.5) is 17.5 Å². The highest BCUT2D eigenvalue weighted by molar-refractivity contribution is 5.89. The second kappa shape index (κ2) is 8.05. The van der Waals surface area contributed by atoms with Gasteiger partial charge in [-0.25, -0.2) is 9.78 Å². The lowest BCUT2D eigenvalue weighted by Gasteiger charge is -2.11. The van der Waals surface area contributed by atoms with Crippen molar-refractivity contribution in [2.24, 2.45) is 0 Å². The minimum atomic E-state index is -0.377. The van der Waals surface area contributed by atoms with Crippen LogP contribution in [0.25, 0.3) is 0 Å². The van der Waals surface area contributed by atoms with Crippen LogP contribution in [0.5, 0.6) is 11.5 Å². The van der Waals surface area contributed by atoms with Crippen LogP contribution >= 0.6 is 0 Å². The maximum Gasteiger partial charge on any atom is 0.337 e. The van der Waals surface area contributed by atoms with Crippen molar-refractivity contribution < 1.29 is 19.0 Å². The van der Waals surface area contributed by atoms with Crippen molar-refractivity contribution in [2.45, 2.75) is 13.5 Å². The number of anilines is 3. The minimum Gasteiger partial charge on any atom is -0.465 e. The Labute approximate surface area is 167 Å². The zero-order valence-electron chi connectivity index (χ0n) is 16.1. The number of benzene rings is 2. The summed E-state index contributed by atoms with van der Waals surface area (Å²) in [7, 11) is 1.35. The molecule has 148 valence electrons. The number of ether oxygens (including phenoxy) is 3. The van der Waals surface area contributed by atoms with Gasteiger partial charge in [0.1, 0.15) is 5.82 Å². The van der Waals surface area contributed by atoms with Gasteiger partial charge in [-0.15, -0.1) is 0 Å². The van der Waals surface area contributed by atoms with Gasteiger partial charge in [0.25, 0.3) is 0 Å². The molecule has 0 aliphatic carbocycles. The van der Waals surface area contributed by atoms with E-state index in [0.717, 1.165) is 28.4 Å². The second-order valence-electron chi connectivity index (χ2n) is 6.45. The Morgan fingerprint density at radius 2 is 1.86 bits per heavy atom. The number of fused-ring (bicyclic) bond motifs is 1. The van der Waals surface area contributed by atoms with Gasteiger partial charge in [-0.05, 0) is 48.9 Å². The maximum atomic E-state index is 11.5. The summed E-state index contributed by atoms with van der Waals surface area (Å²) in [4.78, 5) is 20.5. The van der Waals surface area contributed by atoms with Crippen LogP contribution in [-0.4, -0.2) is 29.8 Å². The topological polar surface area (TPSA) is 94.6 Å². The summed E-state index contributed by atoms with van der Waals surface area (Å²) in [6.07, 6.45) is 0. The van der Waals surface area contributed by atoms with Crippen molar-refractivity contribution in [1.82, 2.24) is 9.97 Å². The van der Waals surface area contributed by atoms with Crippen LogP contribution in [0.2, 0.25) is 0 Å². The molecule has 2 heterocycles. The number of hydrogen-bond acceptors (Lipinski definition) is 8. The summed E-state index contributed by atoms with van der Waals surface area (Å²) in [5.41, 5.74) is 3.12. The molecule has 1 aliphatic heterocycles. The summed E-state index contributed by atoms with van der Waals surface area (Å²) in [6, 6.07) is 14.6. The van der Waals surface area contributed by atoms with Gasteiger partial charge in [0.15, 0.2) is 11.5 Å². The minimum absolute atomic E-state index is 0.257. The lowest BCUT2D eigenvalue weighted by molar-refractivity contribution is 0.0600. The quantitative estimate of drug-likeness (QED) is 0.614. The van der Waals surface area contributed by atoms with E-state index in [4.69, 9.17) is 14.2 Å². The van der Waals surface area contributed by atoms with E-state index in [1.807, 2.05) is 31.2 Å². The Bertz CT molecular complexity index is 1040. The second-order valence-corrected chi connectivity index (χ2v) is 6.45. The van der Waals surface area contributed by atoms with Crippen molar-refractivity contribution in [2.75, 3.05) is 24.5 Å². The third-order valence-electron chi connectivity index (χ3n) is 4.33. The molecule has 0 amide bonds. The number of carbonyl (C=O) groups is 1. The molecule has 1 aliphatic rings. The van der Waals surface area contributed by atoms with Crippen molar-refractivity contribution in [3.05, 3.63) is 65.4 Å². The number of hydrogen-bond donors (Lipinski definition) is 2. The van der Waals surface area contributed by atoms with Crippen LogP contribution < -0.4 is 20.1 Å². The molecule has 3 aromatic rings. The first kappa shape index (κ1) is 18.5. The average Bonchev–Trinajstić information content (AvgIpc) is 3.20. The molecule has 0 saturated carbocycles. The fourth-order valence-corrected chi connectivity index (χ4v) is 2.90. The number of aromatic nitrogens is 2. The molecule has 0 bridgehead atoms. The molecule has 0 saturated heterocycles.